The number of aliphatic hydroxyl groups is 1. The van der Waals surface area contributed by atoms with Gasteiger partial charge in [0.25, 0.3) is 0 Å². The van der Waals surface area contributed by atoms with Crippen LogP contribution in [0.5, 0.6) is 5.75 Å². The topological polar surface area (TPSA) is 201 Å². The molecular weight excluding hydrogens is 777 g/mol. The Morgan fingerprint density at radius 2 is 1.47 bits per heavy atom. The third-order valence-corrected chi connectivity index (χ3v) is 8.77. The van der Waals surface area contributed by atoms with E-state index in [1.165, 1.54) is 27.7 Å². The molecule has 4 atom stereocenters. The Kier molecular flexibility index (Phi) is 27.6. The van der Waals surface area contributed by atoms with Crippen molar-refractivity contribution >= 4 is 33.7 Å². The van der Waals surface area contributed by atoms with Gasteiger partial charge in [-0.3, -0.25) is 19.2 Å². The van der Waals surface area contributed by atoms with Crippen LogP contribution in [0.1, 0.15) is 51.5 Å². The number of hydrogen-bond donors (Lipinski definition) is 6. The van der Waals surface area contributed by atoms with Gasteiger partial charge in [-0.1, -0.05) is 88.4 Å². The molecule has 1 saturated carbocycles. The van der Waals surface area contributed by atoms with E-state index in [1.54, 1.807) is 18.2 Å². The number of aliphatic hydroxyl groups excluding tert-OH is 1. The second-order valence-electron chi connectivity index (χ2n) is 12.9. The maximum Gasteiger partial charge on any atom is 0.249 e. The Morgan fingerprint density at radius 3 is 1.95 bits per heavy atom. The maximum absolute atomic E-state index is 12.8. The van der Waals surface area contributed by atoms with Gasteiger partial charge in [-0.25, -0.2) is 21.9 Å². The molecular formula is C41H61F2N5O9S. The van der Waals surface area contributed by atoms with E-state index in [4.69, 9.17) is 4.74 Å². The molecule has 6 N–H and O–H groups in total. The van der Waals surface area contributed by atoms with Gasteiger partial charge in [0.05, 0.1) is 26.0 Å². The summed E-state index contributed by atoms with van der Waals surface area (Å²) in [4.78, 5) is 50.0. The molecule has 58 heavy (non-hydrogen) atoms. The predicted molar refractivity (Wildman–Crippen MR) is 221 cm³/mol. The van der Waals surface area contributed by atoms with Crippen LogP contribution in [0.25, 0.3) is 0 Å². The molecule has 324 valence electrons. The Labute approximate surface area is 342 Å². The van der Waals surface area contributed by atoms with Crippen LogP contribution in [0.3, 0.4) is 0 Å². The quantitative estimate of drug-likeness (QED) is 0.121. The van der Waals surface area contributed by atoms with Crippen LogP contribution in [-0.4, -0.2) is 96.5 Å². The van der Waals surface area contributed by atoms with Crippen LogP contribution < -0.4 is 30.7 Å². The fraction of sp³-hybridized carbons (Fsp3) is 0.463. The summed E-state index contributed by atoms with van der Waals surface area (Å²) >= 11 is 0. The smallest absolute Gasteiger partial charge is 0.249 e. The van der Waals surface area contributed by atoms with Gasteiger partial charge in [-0.05, 0) is 31.0 Å². The highest BCUT2D eigenvalue weighted by Crippen LogP contribution is 2.32. The Bertz CT molecular complexity index is 1690. The van der Waals surface area contributed by atoms with Crippen molar-refractivity contribution in [3.63, 3.8) is 0 Å². The van der Waals surface area contributed by atoms with E-state index in [-0.39, 0.29) is 43.6 Å². The maximum atomic E-state index is 12.8. The van der Waals surface area contributed by atoms with Gasteiger partial charge < -0.3 is 35.8 Å². The summed E-state index contributed by atoms with van der Waals surface area (Å²) in [5.41, 5.74) is 1.74. The summed E-state index contributed by atoms with van der Waals surface area (Å²) in [5.74, 6) is -3.39. The second kappa shape index (κ2) is 30.2. The van der Waals surface area contributed by atoms with E-state index in [9.17, 15) is 41.5 Å². The minimum Gasteiger partial charge on any atom is -0.497 e. The highest BCUT2D eigenvalue weighted by Gasteiger charge is 2.37. The number of allylic oxidation sites excluding steroid dienone is 2. The lowest BCUT2D eigenvalue weighted by molar-refractivity contribution is -0.135. The molecule has 0 spiro atoms. The zero-order chi connectivity index (χ0) is 44.1. The lowest BCUT2D eigenvalue weighted by Gasteiger charge is -2.22. The van der Waals surface area contributed by atoms with Crippen molar-refractivity contribution in [1.82, 2.24) is 26.0 Å². The lowest BCUT2D eigenvalue weighted by Crippen LogP contribution is -2.45. The van der Waals surface area contributed by atoms with Crippen LogP contribution in [0.2, 0.25) is 0 Å². The van der Waals surface area contributed by atoms with Crippen molar-refractivity contribution in [1.29, 1.82) is 0 Å². The predicted octanol–water partition coefficient (Wildman–Crippen LogP) is 3.69. The van der Waals surface area contributed by atoms with Gasteiger partial charge in [-0.2, -0.15) is 0 Å². The Morgan fingerprint density at radius 1 is 0.914 bits per heavy atom. The van der Waals surface area contributed by atoms with Crippen LogP contribution >= 0.6 is 0 Å². The van der Waals surface area contributed by atoms with Crippen LogP contribution in [-0.2, 0) is 40.5 Å². The first-order valence-electron chi connectivity index (χ1n) is 18.7. The number of halogens is 2. The van der Waals surface area contributed by atoms with E-state index < -0.39 is 57.5 Å². The van der Waals surface area contributed by atoms with Crippen molar-refractivity contribution in [3.05, 3.63) is 103 Å². The number of methoxy groups -OCH3 is 2. The SMILES string of the molecule is C=C/C=C(\C=C)CNC(=O)CNC(=O)[C@@H](C[C@H](O)CNC(=O)[C@@H]1CCC[C@H]1C(=O)NCc1ccccc1)OC.CCC.CNS(C)(=O)=O.COc1cc(F)cc(F)c1. The Hall–Kier alpha value is -4.97. The molecule has 0 aliphatic heterocycles. The van der Waals surface area contributed by atoms with E-state index in [2.05, 4.69) is 57.7 Å². The molecule has 4 amide bonds. The first kappa shape index (κ1) is 53.0. The largest absolute Gasteiger partial charge is 0.497 e. The van der Waals surface area contributed by atoms with Gasteiger partial charge >= 0.3 is 0 Å². The molecule has 14 nitrogen and oxygen atoms in total. The number of hydrogen-bond acceptors (Lipinski definition) is 9. The average Bonchev–Trinajstić information content (AvgIpc) is 3.70. The molecule has 2 aromatic carbocycles. The number of nitrogens with one attached hydrogen (secondary N) is 5. The fourth-order valence-electron chi connectivity index (χ4n) is 5.04. The molecule has 0 heterocycles. The molecule has 3 rings (SSSR count). The molecule has 1 aliphatic rings. The minimum atomic E-state index is -2.91. The van der Waals surface area contributed by atoms with Crippen molar-refractivity contribution in [2.24, 2.45) is 11.8 Å². The number of rotatable bonds is 18. The molecule has 1 fully saturated rings. The van der Waals surface area contributed by atoms with Crippen molar-refractivity contribution in [3.8, 4) is 5.75 Å². The van der Waals surface area contributed by atoms with Crippen LogP contribution in [0.15, 0.2) is 85.5 Å². The highest BCUT2D eigenvalue weighted by molar-refractivity contribution is 7.88. The van der Waals surface area contributed by atoms with Crippen molar-refractivity contribution in [2.75, 3.05) is 47.2 Å². The molecule has 0 radical (unpaired) electrons. The van der Waals surface area contributed by atoms with Crippen molar-refractivity contribution in [2.45, 2.75) is 64.7 Å². The summed E-state index contributed by atoms with van der Waals surface area (Å²) in [6.45, 7) is 11.8. The van der Waals surface area contributed by atoms with Gasteiger partial charge in [0.15, 0.2) is 0 Å². The van der Waals surface area contributed by atoms with Gasteiger partial charge in [0, 0.05) is 63.2 Å². The van der Waals surface area contributed by atoms with Gasteiger partial charge in [0.1, 0.15) is 23.5 Å². The Balaban J connectivity index is 0.00000139. The monoisotopic (exact) mass is 837 g/mol. The number of benzene rings is 2. The number of carbonyl (C=O) groups excluding carboxylic acids is 4. The summed E-state index contributed by atoms with van der Waals surface area (Å²) in [6, 6.07) is 12.6. The van der Waals surface area contributed by atoms with E-state index in [1.807, 2.05) is 30.3 Å². The molecule has 1 aliphatic carbocycles. The summed E-state index contributed by atoms with van der Waals surface area (Å²) in [5, 5.41) is 21.2. The second-order valence-corrected chi connectivity index (χ2v) is 14.8. The third kappa shape index (κ3) is 23.9. The number of sulfonamides is 1. The standard InChI is InChI=1S/C29H40N4O6.C7H6F2O.C3H8.C2H7NO2S/c1-4-10-20(5-2)16-30-26(35)19-33-29(38)25(39-3)15-22(34)18-32-28(37)24-14-9-13-23(24)27(36)31-17-21-11-7-6-8-12-21;1-10-7-3-5(8)2-6(9)4-7;1-3-2;1-3-6(2,4)5/h4-8,10-12,22-25,34H,1-2,9,13-19H2,3H3,(H,30,35)(H,31,36)(H,32,37)(H,33,38);2-4H,1H3;3H2,1-2H3;3H,1-2H3/b20-10+;;;/t22-,23+,24+,25+;;;/m0.../s1. The molecule has 2 aromatic rings. The summed E-state index contributed by atoms with van der Waals surface area (Å²) in [7, 11) is 1.14. The van der Waals surface area contributed by atoms with Gasteiger partial charge in [0.2, 0.25) is 33.7 Å². The normalized spacial score (nSPS) is 15.5. The molecule has 0 aromatic heterocycles. The summed E-state index contributed by atoms with van der Waals surface area (Å²) < 4.78 is 56.2. The first-order chi connectivity index (χ1) is 27.5. The van der Waals surface area contributed by atoms with Crippen LogP contribution in [0.4, 0.5) is 8.78 Å². The molecule has 0 bridgehead atoms. The van der Waals surface area contributed by atoms with Crippen molar-refractivity contribution < 1.29 is 51.0 Å². The van der Waals surface area contributed by atoms with Crippen LogP contribution in [0, 0.1) is 23.5 Å². The first-order valence-corrected chi connectivity index (χ1v) is 20.5. The van der Waals surface area contributed by atoms with E-state index >= 15 is 0 Å². The fourth-order valence-corrected chi connectivity index (χ4v) is 5.04. The average molecular weight is 838 g/mol. The molecule has 17 heteroatoms. The van der Waals surface area contributed by atoms with Gasteiger partial charge in [-0.15, -0.1) is 0 Å². The number of carbonyl (C=O) groups is 4. The number of amides is 4. The zero-order valence-corrected chi connectivity index (χ0v) is 35.1. The third-order valence-electron chi connectivity index (χ3n) is 8.02. The van der Waals surface area contributed by atoms with E-state index in [0.717, 1.165) is 42.0 Å². The highest BCUT2D eigenvalue weighted by atomic mass is 32.2. The summed E-state index contributed by atoms with van der Waals surface area (Å²) in [6.07, 6.45) is 7.05. The lowest BCUT2D eigenvalue weighted by atomic mass is 9.94. The number of ether oxygens (including phenoxy) is 2. The molecule has 0 unspecified atom stereocenters. The minimum absolute atomic E-state index is 0.0847. The zero-order valence-electron chi connectivity index (χ0n) is 34.3. The molecule has 0 saturated heterocycles. The van der Waals surface area contributed by atoms with E-state index in [0.29, 0.717) is 19.4 Å².